The molecule has 1 N–H and O–H groups in total. The van der Waals surface area contributed by atoms with Gasteiger partial charge in [-0.15, -0.1) is 0 Å². The minimum absolute atomic E-state index is 0.123. The van der Waals surface area contributed by atoms with Gasteiger partial charge in [0.1, 0.15) is 0 Å². The van der Waals surface area contributed by atoms with Crippen LogP contribution in [0.25, 0.3) is 10.9 Å². The molecule has 1 saturated carbocycles. The predicted octanol–water partition coefficient (Wildman–Crippen LogP) is 2.33. The van der Waals surface area contributed by atoms with E-state index in [1.807, 2.05) is 38.4 Å². The number of aromatic nitrogens is 1. The minimum atomic E-state index is -0.127. The van der Waals surface area contributed by atoms with Crippen molar-refractivity contribution in [3.8, 4) is 0 Å². The maximum Gasteiger partial charge on any atom is 0.237 e. The van der Waals surface area contributed by atoms with E-state index in [1.54, 1.807) is 0 Å². The molecule has 0 radical (unpaired) electrons. The number of amides is 1. The summed E-state index contributed by atoms with van der Waals surface area (Å²) in [5, 5.41) is 4.22. The molecule has 1 aromatic heterocycles. The average molecular weight is 283 g/mol. The molecule has 1 fully saturated rings. The average Bonchev–Trinajstić information content (AvgIpc) is 3.30. The van der Waals surface area contributed by atoms with Gasteiger partial charge in [0.15, 0.2) is 0 Å². The Bertz CT molecular complexity index is 646. The lowest BCUT2D eigenvalue weighted by atomic mass is 10.1. The van der Waals surface area contributed by atoms with E-state index in [0.29, 0.717) is 6.04 Å². The monoisotopic (exact) mass is 283 g/mol. The summed E-state index contributed by atoms with van der Waals surface area (Å²) < 4.78 is 0. The van der Waals surface area contributed by atoms with Gasteiger partial charge in [0.05, 0.1) is 11.6 Å². The number of rotatable bonds is 5. The van der Waals surface area contributed by atoms with E-state index < -0.39 is 0 Å². The molecule has 1 aliphatic rings. The molecule has 2 aromatic rings. The van der Waals surface area contributed by atoms with E-state index in [-0.39, 0.29) is 11.9 Å². The molecule has 0 bridgehead atoms. The molecule has 0 spiro atoms. The summed E-state index contributed by atoms with van der Waals surface area (Å²) in [5.41, 5.74) is 2.20. The first-order valence-electron chi connectivity index (χ1n) is 7.48. The van der Waals surface area contributed by atoms with Gasteiger partial charge in [0, 0.05) is 24.2 Å². The first-order chi connectivity index (χ1) is 10.1. The fourth-order valence-electron chi connectivity index (χ4n) is 2.46. The molecule has 4 heteroatoms. The number of likely N-dealkylation sites (N-methyl/N-ethyl adjacent to an activating group) is 1. The predicted molar refractivity (Wildman–Crippen MR) is 83.8 cm³/mol. The molecule has 0 unspecified atom stereocenters. The van der Waals surface area contributed by atoms with E-state index >= 15 is 0 Å². The van der Waals surface area contributed by atoms with Crippen LogP contribution in [-0.4, -0.2) is 34.9 Å². The third-order valence-electron chi connectivity index (χ3n) is 4.12. The van der Waals surface area contributed by atoms with Crippen LogP contribution in [0.1, 0.15) is 25.3 Å². The number of carbonyl (C=O) groups excluding carboxylic acids is 1. The van der Waals surface area contributed by atoms with Crippen LogP contribution < -0.4 is 5.32 Å². The maximum atomic E-state index is 12.1. The number of benzene rings is 1. The van der Waals surface area contributed by atoms with Gasteiger partial charge >= 0.3 is 0 Å². The highest BCUT2D eigenvalue weighted by Crippen LogP contribution is 2.20. The molecule has 21 heavy (non-hydrogen) atoms. The Morgan fingerprint density at radius 3 is 2.95 bits per heavy atom. The second kappa shape index (κ2) is 5.82. The Labute approximate surface area is 125 Å². The molecule has 1 aliphatic carbocycles. The van der Waals surface area contributed by atoms with Crippen LogP contribution in [0, 0.1) is 0 Å². The van der Waals surface area contributed by atoms with Crippen LogP contribution in [0.3, 0.4) is 0 Å². The summed E-state index contributed by atoms with van der Waals surface area (Å²) in [6, 6.07) is 10.5. The molecule has 1 atom stereocenters. The van der Waals surface area contributed by atoms with E-state index in [1.165, 1.54) is 5.56 Å². The molecular formula is C17H21N3O. The van der Waals surface area contributed by atoms with Crippen LogP contribution in [0.5, 0.6) is 0 Å². The third-order valence-corrected chi connectivity index (χ3v) is 4.12. The van der Waals surface area contributed by atoms with Crippen molar-refractivity contribution in [3.63, 3.8) is 0 Å². The van der Waals surface area contributed by atoms with Crippen LogP contribution >= 0.6 is 0 Å². The maximum absolute atomic E-state index is 12.1. The number of fused-ring (bicyclic) bond motifs is 1. The summed E-state index contributed by atoms with van der Waals surface area (Å²) in [4.78, 5) is 18.6. The molecule has 4 nitrogen and oxygen atoms in total. The van der Waals surface area contributed by atoms with Gasteiger partial charge in [-0.1, -0.05) is 18.2 Å². The number of hydrogen-bond donors (Lipinski definition) is 1. The highest BCUT2D eigenvalue weighted by Gasteiger charge is 2.27. The SMILES string of the molecule is C[C@@H](C(=O)NC1CC1)N(C)Cc1cccc2ncccc12. The van der Waals surface area contributed by atoms with Gasteiger partial charge < -0.3 is 5.32 Å². The molecule has 1 heterocycles. The Balaban J connectivity index is 1.73. The number of nitrogens with zero attached hydrogens (tertiary/aromatic N) is 2. The molecule has 3 rings (SSSR count). The van der Waals surface area contributed by atoms with Crippen molar-refractivity contribution in [1.82, 2.24) is 15.2 Å². The van der Waals surface area contributed by atoms with Gasteiger partial charge in [-0.25, -0.2) is 0 Å². The van der Waals surface area contributed by atoms with Gasteiger partial charge in [-0.05, 0) is 44.5 Å². The normalized spacial score (nSPS) is 16.1. The number of pyridine rings is 1. The molecular weight excluding hydrogens is 262 g/mol. The van der Waals surface area contributed by atoms with Crippen molar-refractivity contribution < 1.29 is 4.79 Å². The summed E-state index contributed by atoms with van der Waals surface area (Å²) in [6.45, 7) is 2.70. The van der Waals surface area contributed by atoms with Crippen molar-refractivity contribution in [3.05, 3.63) is 42.1 Å². The minimum Gasteiger partial charge on any atom is -0.352 e. The third kappa shape index (κ3) is 3.22. The lowest BCUT2D eigenvalue weighted by molar-refractivity contribution is -0.125. The zero-order valence-corrected chi connectivity index (χ0v) is 12.5. The van der Waals surface area contributed by atoms with Crippen molar-refractivity contribution in [1.29, 1.82) is 0 Å². The second-order valence-corrected chi connectivity index (χ2v) is 5.86. The van der Waals surface area contributed by atoms with Crippen LogP contribution in [-0.2, 0) is 11.3 Å². The molecule has 1 aromatic carbocycles. The van der Waals surface area contributed by atoms with Crippen molar-refractivity contribution in [2.45, 2.75) is 38.4 Å². The quantitative estimate of drug-likeness (QED) is 0.916. The molecule has 1 amide bonds. The summed E-state index contributed by atoms with van der Waals surface area (Å²) in [6.07, 6.45) is 4.05. The fourth-order valence-corrected chi connectivity index (χ4v) is 2.46. The summed E-state index contributed by atoms with van der Waals surface area (Å²) in [7, 11) is 1.99. The lowest BCUT2D eigenvalue weighted by Crippen LogP contribution is -2.43. The van der Waals surface area contributed by atoms with Crippen LogP contribution in [0.4, 0.5) is 0 Å². The van der Waals surface area contributed by atoms with Gasteiger partial charge in [-0.3, -0.25) is 14.7 Å². The Kier molecular flexibility index (Phi) is 3.88. The topological polar surface area (TPSA) is 45.2 Å². The van der Waals surface area contributed by atoms with Gasteiger partial charge in [0.2, 0.25) is 5.91 Å². The van der Waals surface area contributed by atoms with Crippen molar-refractivity contribution in [2.75, 3.05) is 7.05 Å². The summed E-state index contributed by atoms with van der Waals surface area (Å²) >= 11 is 0. The van der Waals surface area contributed by atoms with Gasteiger partial charge in [0.25, 0.3) is 0 Å². The number of hydrogen-bond acceptors (Lipinski definition) is 3. The van der Waals surface area contributed by atoms with Gasteiger partial charge in [-0.2, -0.15) is 0 Å². The Morgan fingerprint density at radius 2 is 2.19 bits per heavy atom. The zero-order valence-electron chi connectivity index (χ0n) is 12.5. The number of carbonyl (C=O) groups is 1. The van der Waals surface area contributed by atoms with Crippen LogP contribution in [0.15, 0.2) is 36.5 Å². The van der Waals surface area contributed by atoms with E-state index in [4.69, 9.17) is 0 Å². The summed E-state index contributed by atoms with van der Waals surface area (Å²) in [5.74, 6) is 0.123. The molecule has 0 saturated heterocycles. The lowest BCUT2D eigenvalue weighted by Gasteiger charge is -2.24. The highest BCUT2D eigenvalue weighted by atomic mass is 16.2. The molecule has 110 valence electrons. The molecule has 0 aliphatic heterocycles. The first kappa shape index (κ1) is 14.0. The van der Waals surface area contributed by atoms with Crippen molar-refractivity contribution in [2.24, 2.45) is 0 Å². The standard InChI is InChI=1S/C17H21N3O/c1-12(17(21)19-14-8-9-14)20(2)11-13-5-3-7-16-15(13)6-4-10-18-16/h3-7,10,12,14H,8-9,11H2,1-2H3,(H,19,21)/t12-/m0/s1. The van der Waals surface area contributed by atoms with Crippen molar-refractivity contribution >= 4 is 16.8 Å². The van der Waals surface area contributed by atoms with E-state index in [0.717, 1.165) is 30.3 Å². The number of nitrogens with one attached hydrogen (secondary N) is 1. The zero-order chi connectivity index (χ0) is 14.8. The Hall–Kier alpha value is -1.94. The fraction of sp³-hybridized carbons (Fsp3) is 0.412. The smallest absolute Gasteiger partial charge is 0.237 e. The van der Waals surface area contributed by atoms with E-state index in [9.17, 15) is 4.79 Å². The largest absolute Gasteiger partial charge is 0.352 e. The highest BCUT2D eigenvalue weighted by molar-refractivity contribution is 5.83. The van der Waals surface area contributed by atoms with Crippen LogP contribution in [0.2, 0.25) is 0 Å². The Morgan fingerprint density at radius 1 is 1.38 bits per heavy atom. The van der Waals surface area contributed by atoms with E-state index in [2.05, 4.69) is 27.3 Å². The second-order valence-electron chi connectivity index (χ2n) is 5.86. The first-order valence-corrected chi connectivity index (χ1v) is 7.48.